The van der Waals surface area contributed by atoms with Gasteiger partial charge in [0.2, 0.25) is 11.8 Å². The number of nitrogens with zero attached hydrogens (tertiary/aromatic N) is 1. The van der Waals surface area contributed by atoms with Crippen LogP contribution in [0.5, 0.6) is 0 Å². The number of carboxylic acid groups (broad SMARTS) is 3. The monoisotopic (exact) mass is 883 g/mol. The summed E-state index contributed by atoms with van der Waals surface area (Å²) in [6.07, 6.45) is 4.67. The molecular formula is C44H62FN7O11. The van der Waals surface area contributed by atoms with Crippen molar-refractivity contribution < 1.29 is 58.1 Å². The van der Waals surface area contributed by atoms with Crippen LogP contribution in [-0.2, 0) is 46.4 Å². The van der Waals surface area contributed by atoms with Crippen LogP contribution in [0.1, 0.15) is 107 Å². The summed E-state index contributed by atoms with van der Waals surface area (Å²) in [5, 5.41) is 38.0. The number of rotatable bonds is 33. The Kier molecular flexibility index (Phi) is 24.9. The maximum Gasteiger partial charge on any atom is 0.326 e. The predicted octanol–water partition coefficient (Wildman–Crippen LogP) is 3.38. The van der Waals surface area contributed by atoms with E-state index in [2.05, 4.69) is 26.3 Å². The molecule has 0 bridgehead atoms. The predicted molar refractivity (Wildman–Crippen MR) is 231 cm³/mol. The van der Waals surface area contributed by atoms with Crippen LogP contribution >= 0.6 is 0 Å². The summed E-state index contributed by atoms with van der Waals surface area (Å²) >= 11 is 0. The van der Waals surface area contributed by atoms with E-state index in [0.29, 0.717) is 31.2 Å². The summed E-state index contributed by atoms with van der Waals surface area (Å²) in [5.74, 6) is -6.81. The molecular weight excluding hydrogens is 822 g/mol. The molecule has 4 atom stereocenters. The van der Waals surface area contributed by atoms with Gasteiger partial charge in [0.15, 0.2) is 11.7 Å². The average molecular weight is 884 g/mol. The zero-order valence-corrected chi connectivity index (χ0v) is 35.5. The number of nitrogens with one attached hydrogen (secondary N) is 4. The van der Waals surface area contributed by atoms with E-state index in [9.17, 15) is 53.0 Å². The van der Waals surface area contributed by atoms with Crippen LogP contribution in [0, 0.1) is 11.7 Å². The Hall–Kier alpha value is -6.40. The number of carbonyl (C=O) groups excluding carboxylic acids is 5. The van der Waals surface area contributed by atoms with E-state index in [-0.39, 0.29) is 94.9 Å². The first kappa shape index (κ1) is 52.7. The minimum atomic E-state index is -1.36. The molecule has 19 heteroatoms. The molecule has 63 heavy (non-hydrogen) atoms. The second-order valence-corrected chi connectivity index (χ2v) is 15.3. The molecule has 0 unspecified atom stereocenters. The molecule has 0 spiro atoms. The van der Waals surface area contributed by atoms with Crippen molar-refractivity contribution in [3.8, 4) is 0 Å². The number of guanidine groups is 1. The summed E-state index contributed by atoms with van der Waals surface area (Å²) in [6, 6.07) is 9.89. The van der Waals surface area contributed by atoms with E-state index in [1.54, 1.807) is 12.1 Å². The van der Waals surface area contributed by atoms with Crippen molar-refractivity contribution in [2.24, 2.45) is 22.4 Å². The number of aliphatic imine (C=N–C) groups is 1. The molecule has 4 amide bonds. The smallest absolute Gasteiger partial charge is 0.326 e. The van der Waals surface area contributed by atoms with E-state index in [1.165, 1.54) is 24.3 Å². The number of nitrogens with two attached hydrogens (primary N) is 2. The van der Waals surface area contributed by atoms with Crippen molar-refractivity contribution in [2.45, 2.75) is 127 Å². The summed E-state index contributed by atoms with van der Waals surface area (Å²) in [6.45, 7) is 0.225. The number of halogens is 1. The first-order valence-corrected chi connectivity index (χ1v) is 21.2. The molecule has 2 aromatic rings. The van der Waals surface area contributed by atoms with Crippen molar-refractivity contribution in [2.75, 3.05) is 13.1 Å². The molecule has 0 fully saturated rings. The fourth-order valence-corrected chi connectivity index (χ4v) is 6.62. The van der Waals surface area contributed by atoms with Gasteiger partial charge in [0, 0.05) is 57.5 Å². The number of carboxylic acids is 3. The lowest BCUT2D eigenvalue weighted by Gasteiger charge is -2.23. The number of unbranched alkanes of at least 4 members (excludes halogenated alkanes) is 5. The Balaban J connectivity index is 1.89. The highest BCUT2D eigenvalue weighted by atomic mass is 19.1. The van der Waals surface area contributed by atoms with E-state index >= 15 is 0 Å². The normalized spacial score (nSPS) is 12.7. The number of aliphatic carboxylic acids is 3. The molecule has 0 aliphatic heterocycles. The maximum atomic E-state index is 13.9. The first-order valence-electron chi connectivity index (χ1n) is 21.2. The van der Waals surface area contributed by atoms with Crippen LogP contribution in [0.25, 0.3) is 0 Å². The lowest BCUT2D eigenvalue weighted by Crippen LogP contribution is -2.47. The van der Waals surface area contributed by atoms with Crippen LogP contribution in [0.4, 0.5) is 9.18 Å². The summed E-state index contributed by atoms with van der Waals surface area (Å²) in [5.41, 5.74) is 12.1. The van der Waals surface area contributed by atoms with Gasteiger partial charge in [-0.3, -0.25) is 29.0 Å². The third-order valence-electron chi connectivity index (χ3n) is 10.1. The number of hydrogen-bond acceptors (Lipinski definition) is 9. The van der Waals surface area contributed by atoms with E-state index in [4.69, 9.17) is 16.6 Å². The molecule has 0 saturated carbocycles. The van der Waals surface area contributed by atoms with Gasteiger partial charge in [-0.15, -0.1) is 0 Å². The minimum absolute atomic E-state index is 0.0313. The number of carbonyl (C=O) groups is 8. The average Bonchev–Trinajstić information content (AvgIpc) is 3.23. The molecule has 0 radical (unpaired) electrons. The van der Waals surface area contributed by atoms with Gasteiger partial charge in [0.05, 0.1) is 6.04 Å². The van der Waals surface area contributed by atoms with E-state index < -0.39 is 65.5 Å². The first-order chi connectivity index (χ1) is 30.0. The summed E-state index contributed by atoms with van der Waals surface area (Å²) in [7, 11) is 0. The third-order valence-corrected chi connectivity index (χ3v) is 10.1. The van der Waals surface area contributed by atoms with Crippen LogP contribution in [-0.4, -0.2) is 99.8 Å². The van der Waals surface area contributed by atoms with Gasteiger partial charge in [-0.2, -0.15) is 0 Å². The van der Waals surface area contributed by atoms with Gasteiger partial charge >= 0.3 is 23.9 Å². The number of benzene rings is 2. The molecule has 346 valence electrons. The van der Waals surface area contributed by atoms with Crippen LogP contribution in [0.15, 0.2) is 59.6 Å². The SMILES string of the molecule is NC(N)=NCCC[C@H](CC(=O)[C@H](Cc1ccccc1)NC(=O)CCCCCCCCC(=O)CC[C@H](NC(=O)NCCCC(=O)O)C(=O)O)C(=O)N[C@H](Cc1ccc(F)cc1)C(=O)O. The number of urea groups is 1. The van der Waals surface area contributed by atoms with Gasteiger partial charge in [-0.25, -0.2) is 18.8 Å². The molecule has 2 aromatic carbocycles. The highest BCUT2D eigenvalue weighted by molar-refractivity contribution is 5.93. The number of amides is 4. The molecule has 11 N–H and O–H groups in total. The number of Topliss-reactive ketones (excluding diaryl/α,β-unsaturated/α-hetero) is 2. The Morgan fingerprint density at radius 2 is 1.22 bits per heavy atom. The van der Waals surface area contributed by atoms with Crippen molar-refractivity contribution in [3.63, 3.8) is 0 Å². The number of hydrogen-bond donors (Lipinski definition) is 9. The second-order valence-electron chi connectivity index (χ2n) is 15.3. The molecule has 0 aromatic heterocycles. The summed E-state index contributed by atoms with van der Waals surface area (Å²) in [4.78, 5) is 103. The third kappa shape index (κ3) is 24.0. The molecule has 18 nitrogen and oxygen atoms in total. The second kappa shape index (κ2) is 29.8. The lowest BCUT2D eigenvalue weighted by atomic mass is 9.90. The van der Waals surface area contributed by atoms with Gasteiger partial charge < -0.3 is 48.1 Å². The van der Waals surface area contributed by atoms with Crippen molar-refractivity contribution in [3.05, 3.63) is 71.5 Å². The van der Waals surface area contributed by atoms with Crippen molar-refractivity contribution in [1.29, 1.82) is 0 Å². The zero-order valence-electron chi connectivity index (χ0n) is 35.5. The van der Waals surface area contributed by atoms with Crippen LogP contribution in [0.3, 0.4) is 0 Å². The highest BCUT2D eigenvalue weighted by Gasteiger charge is 2.30. The van der Waals surface area contributed by atoms with Gasteiger partial charge in [0.25, 0.3) is 0 Å². The van der Waals surface area contributed by atoms with E-state index in [1.807, 2.05) is 18.2 Å². The Morgan fingerprint density at radius 3 is 1.84 bits per heavy atom. The molecule has 2 rings (SSSR count). The topological polar surface area (TPSA) is 310 Å². The van der Waals surface area contributed by atoms with Gasteiger partial charge in [-0.1, -0.05) is 68.1 Å². The van der Waals surface area contributed by atoms with Gasteiger partial charge in [-0.05, 0) is 68.2 Å². The molecule has 0 aliphatic rings. The minimum Gasteiger partial charge on any atom is -0.481 e. The van der Waals surface area contributed by atoms with Crippen molar-refractivity contribution in [1.82, 2.24) is 21.3 Å². The molecule has 0 saturated heterocycles. The van der Waals surface area contributed by atoms with E-state index in [0.717, 1.165) is 24.8 Å². The highest BCUT2D eigenvalue weighted by Crippen LogP contribution is 2.18. The van der Waals surface area contributed by atoms with Gasteiger partial charge in [0.1, 0.15) is 23.7 Å². The Bertz CT molecular complexity index is 1830. The zero-order chi connectivity index (χ0) is 46.6. The largest absolute Gasteiger partial charge is 0.481 e. The maximum absolute atomic E-state index is 13.9. The molecule has 0 heterocycles. The summed E-state index contributed by atoms with van der Waals surface area (Å²) < 4.78 is 13.5. The lowest BCUT2D eigenvalue weighted by molar-refractivity contribution is -0.143. The fraction of sp³-hybridized carbons (Fsp3) is 0.523. The molecule has 0 aliphatic carbocycles. The van der Waals surface area contributed by atoms with Crippen molar-refractivity contribution >= 4 is 53.3 Å². The Labute approximate surface area is 366 Å². The fourth-order valence-electron chi connectivity index (χ4n) is 6.62. The number of ketones is 2. The van der Waals surface area contributed by atoms with Crippen LogP contribution < -0.4 is 32.7 Å². The standard InChI is InChI=1S/C44H62FN7O11/c45-32-20-18-30(19-21-32)27-36(42(61)62)51-40(58)31(14-10-24-48-43(46)47)28-37(54)35(26-29-12-6-5-7-13-29)50-38(55)16-9-4-2-1-3-8-15-33(53)22-23-34(41(59)60)52-44(63)49-25-11-17-39(56)57/h5-7,12-13,18-21,31,34-36H,1-4,8-11,14-17,22-28H2,(H,50,55)(H,51,58)(H,56,57)(H,59,60)(H,61,62)(H4,46,47,48)(H2,49,52,63)/t31-,34+,35+,36-/m1/s1. The quantitative estimate of drug-likeness (QED) is 0.0283. The van der Waals surface area contributed by atoms with Crippen LogP contribution in [0.2, 0.25) is 0 Å². The Morgan fingerprint density at radius 1 is 0.619 bits per heavy atom.